The Morgan fingerprint density at radius 1 is 1.11 bits per heavy atom. The SMILES string of the molecule is O=C(c1cccc(S(=O)(=O)N2CCCCC2)c1)N1CCCC(c2nccs2)C1. The monoisotopic (exact) mass is 419 g/mol. The van der Waals surface area contributed by atoms with Crippen molar-refractivity contribution < 1.29 is 13.2 Å². The fourth-order valence-corrected chi connectivity index (χ4v) is 6.36. The number of hydrogen-bond donors (Lipinski definition) is 0. The Balaban J connectivity index is 1.53. The second kappa shape index (κ2) is 8.31. The number of aromatic nitrogens is 1. The van der Waals surface area contributed by atoms with E-state index in [4.69, 9.17) is 0 Å². The number of nitrogens with zero attached hydrogens (tertiary/aromatic N) is 3. The zero-order valence-corrected chi connectivity index (χ0v) is 17.4. The van der Waals surface area contributed by atoms with Crippen LogP contribution < -0.4 is 0 Å². The summed E-state index contributed by atoms with van der Waals surface area (Å²) in [6.07, 6.45) is 6.62. The molecule has 2 aromatic rings. The van der Waals surface area contributed by atoms with Gasteiger partial charge in [-0.25, -0.2) is 13.4 Å². The smallest absolute Gasteiger partial charge is 0.253 e. The van der Waals surface area contributed by atoms with Crippen LogP contribution in [0.2, 0.25) is 0 Å². The predicted octanol–water partition coefficient (Wildman–Crippen LogP) is 3.34. The summed E-state index contributed by atoms with van der Waals surface area (Å²) in [6.45, 7) is 2.45. The molecule has 1 unspecified atom stereocenters. The van der Waals surface area contributed by atoms with Crippen molar-refractivity contribution in [2.45, 2.75) is 42.9 Å². The standard InChI is InChI=1S/C20H25N3O3S2/c24-20(22-10-5-7-17(15-22)19-21-9-13-27-19)16-6-4-8-18(14-16)28(25,26)23-11-2-1-3-12-23/h4,6,8-9,13-14,17H,1-3,5,7,10-12,15H2. The zero-order chi connectivity index (χ0) is 19.6. The number of amides is 1. The highest BCUT2D eigenvalue weighted by Gasteiger charge is 2.29. The lowest BCUT2D eigenvalue weighted by Gasteiger charge is -2.32. The van der Waals surface area contributed by atoms with Crippen molar-refractivity contribution in [1.29, 1.82) is 0 Å². The largest absolute Gasteiger partial charge is 0.338 e. The number of likely N-dealkylation sites (tertiary alicyclic amines) is 1. The summed E-state index contributed by atoms with van der Waals surface area (Å²) in [5, 5.41) is 3.03. The third-order valence-corrected chi connectivity index (χ3v) is 8.38. The van der Waals surface area contributed by atoms with Gasteiger partial charge in [0.25, 0.3) is 5.91 Å². The van der Waals surface area contributed by atoms with E-state index in [-0.39, 0.29) is 16.7 Å². The van der Waals surface area contributed by atoms with Gasteiger partial charge in [0.1, 0.15) is 0 Å². The number of carbonyl (C=O) groups is 1. The Bertz CT molecular complexity index is 922. The maximum Gasteiger partial charge on any atom is 0.253 e. The second-order valence-electron chi connectivity index (χ2n) is 7.45. The molecular formula is C20H25N3O3S2. The van der Waals surface area contributed by atoms with E-state index in [2.05, 4.69) is 4.98 Å². The lowest BCUT2D eigenvalue weighted by Crippen LogP contribution is -2.39. The molecule has 2 saturated heterocycles. The molecule has 0 aliphatic carbocycles. The summed E-state index contributed by atoms with van der Waals surface area (Å²) in [7, 11) is -3.54. The van der Waals surface area contributed by atoms with Crippen molar-refractivity contribution >= 4 is 27.3 Å². The average molecular weight is 420 g/mol. The van der Waals surface area contributed by atoms with E-state index < -0.39 is 10.0 Å². The molecule has 0 saturated carbocycles. The Kier molecular flexibility index (Phi) is 5.80. The van der Waals surface area contributed by atoms with Gasteiger partial charge in [-0.3, -0.25) is 4.79 Å². The van der Waals surface area contributed by atoms with Crippen LogP contribution in [0.25, 0.3) is 0 Å². The normalized spacial score (nSPS) is 21.6. The van der Waals surface area contributed by atoms with Gasteiger partial charge in [0.05, 0.1) is 9.90 Å². The first kappa shape index (κ1) is 19.5. The maximum atomic E-state index is 13.1. The molecule has 0 N–H and O–H groups in total. The van der Waals surface area contributed by atoms with Crippen LogP contribution in [-0.4, -0.2) is 54.7 Å². The van der Waals surface area contributed by atoms with Gasteiger partial charge in [-0.15, -0.1) is 11.3 Å². The van der Waals surface area contributed by atoms with Gasteiger partial charge in [-0.05, 0) is 43.9 Å². The first-order valence-corrected chi connectivity index (χ1v) is 12.2. The van der Waals surface area contributed by atoms with Crippen molar-refractivity contribution in [2.75, 3.05) is 26.2 Å². The fraction of sp³-hybridized carbons (Fsp3) is 0.500. The molecule has 4 rings (SSSR count). The van der Waals surface area contributed by atoms with E-state index in [1.54, 1.807) is 46.1 Å². The summed E-state index contributed by atoms with van der Waals surface area (Å²) in [5.74, 6) is 0.162. The topological polar surface area (TPSA) is 70.6 Å². The van der Waals surface area contributed by atoms with Crippen LogP contribution in [0.4, 0.5) is 0 Å². The van der Waals surface area contributed by atoms with Gasteiger partial charge < -0.3 is 4.90 Å². The van der Waals surface area contributed by atoms with E-state index in [0.717, 1.165) is 37.1 Å². The molecule has 1 aromatic heterocycles. The van der Waals surface area contributed by atoms with Gasteiger partial charge in [-0.2, -0.15) is 4.31 Å². The summed E-state index contributed by atoms with van der Waals surface area (Å²) < 4.78 is 27.4. The number of thiazole rings is 1. The lowest BCUT2D eigenvalue weighted by molar-refractivity contribution is 0.0707. The minimum absolute atomic E-state index is 0.100. The van der Waals surface area contributed by atoms with Crippen molar-refractivity contribution in [3.8, 4) is 0 Å². The minimum atomic E-state index is -3.54. The molecular weight excluding hydrogens is 394 g/mol. The molecule has 2 aliphatic rings. The predicted molar refractivity (Wildman–Crippen MR) is 109 cm³/mol. The third kappa shape index (κ3) is 3.99. The van der Waals surface area contributed by atoms with Crippen LogP contribution >= 0.6 is 11.3 Å². The van der Waals surface area contributed by atoms with E-state index in [1.807, 2.05) is 10.3 Å². The van der Waals surface area contributed by atoms with Gasteiger partial charge in [-0.1, -0.05) is 12.5 Å². The number of sulfonamides is 1. The highest BCUT2D eigenvalue weighted by atomic mass is 32.2. The molecule has 6 nitrogen and oxygen atoms in total. The van der Waals surface area contributed by atoms with Gasteiger partial charge >= 0.3 is 0 Å². The molecule has 1 amide bonds. The quantitative estimate of drug-likeness (QED) is 0.762. The molecule has 0 bridgehead atoms. The summed E-state index contributed by atoms with van der Waals surface area (Å²) in [6, 6.07) is 6.52. The van der Waals surface area contributed by atoms with Crippen molar-refractivity contribution in [1.82, 2.24) is 14.2 Å². The summed E-state index contributed by atoms with van der Waals surface area (Å²) >= 11 is 1.63. The van der Waals surface area contributed by atoms with Crippen LogP contribution in [0.15, 0.2) is 40.7 Å². The third-order valence-electron chi connectivity index (χ3n) is 5.54. The number of benzene rings is 1. The maximum absolute atomic E-state index is 13.1. The van der Waals surface area contributed by atoms with Crippen LogP contribution in [0.3, 0.4) is 0 Å². The highest BCUT2D eigenvalue weighted by Crippen LogP contribution is 2.29. The lowest BCUT2D eigenvalue weighted by atomic mass is 9.98. The molecule has 2 aliphatic heterocycles. The first-order valence-electron chi connectivity index (χ1n) is 9.84. The average Bonchev–Trinajstić information content (AvgIpc) is 3.29. The molecule has 2 fully saturated rings. The number of piperidine rings is 2. The Hall–Kier alpha value is -1.77. The van der Waals surface area contributed by atoms with Crippen LogP contribution in [0, 0.1) is 0 Å². The molecule has 0 spiro atoms. The van der Waals surface area contributed by atoms with Gasteiger partial charge in [0.15, 0.2) is 0 Å². The Morgan fingerprint density at radius 3 is 2.68 bits per heavy atom. The number of rotatable bonds is 4. The molecule has 150 valence electrons. The molecule has 28 heavy (non-hydrogen) atoms. The van der Waals surface area contributed by atoms with Gasteiger partial charge in [0.2, 0.25) is 10.0 Å². The fourth-order valence-electron chi connectivity index (χ4n) is 4.03. The van der Waals surface area contributed by atoms with E-state index in [9.17, 15) is 13.2 Å². The Morgan fingerprint density at radius 2 is 1.93 bits per heavy atom. The Labute approximate surface area is 170 Å². The minimum Gasteiger partial charge on any atom is -0.338 e. The number of hydrogen-bond acceptors (Lipinski definition) is 5. The van der Waals surface area contributed by atoms with Gasteiger partial charge in [0, 0.05) is 49.2 Å². The molecule has 8 heteroatoms. The van der Waals surface area contributed by atoms with Crippen molar-refractivity contribution in [3.63, 3.8) is 0 Å². The second-order valence-corrected chi connectivity index (χ2v) is 10.3. The van der Waals surface area contributed by atoms with E-state index in [1.165, 1.54) is 0 Å². The van der Waals surface area contributed by atoms with E-state index in [0.29, 0.717) is 31.7 Å². The zero-order valence-electron chi connectivity index (χ0n) is 15.8. The van der Waals surface area contributed by atoms with Crippen LogP contribution in [0.5, 0.6) is 0 Å². The van der Waals surface area contributed by atoms with Crippen LogP contribution in [-0.2, 0) is 10.0 Å². The van der Waals surface area contributed by atoms with E-state index >= 15 is 0 Å². The van der Waals surface area contributed by atoms with Crippen molar-refractivity contribution in [3.05, 3.63) is 46.4 Å². The molecule has 3 heterocycles. The van der Waals surface area contributed by atoms with Crippen LogP contribution in [0.1, 0.15) is 53.4 Å². The summed E-state index contributed by atoms with van der Waals surface area (Å²) in [5.41, 5.74) is 0.442. The molecule has 0 radical (unpaired) electrons. The summed E-state index contributed by atoms with van der Waals surface area (Å²) in [4.78, 5) is 19.5. The first-order chi connectivity index (χ1) is 13.6. The van der Waals surface area contributed by atoms with Crippen molar-refractivity contribution in [2.24, 2.45) is 0 Å². The molecule has 1 aromatic carbocycles. The molecule has 1 atom stereocenters. The highest BCUT2D eigenvalue weighted by molar-refractivity contribution is 7.89. The number of carbonyl (C=O) groups excluding carboxylic acids is 1.